The Morgan fingerprint density at radius 1 is 1.37 bits per heavy atom. The summed E-state index contributed by atoms with van der Waals surface area (Å²) < 4.78 is 9.83. The zero-order chi connectivity index (χ0) is 14.0. The largest absolute Gasteiger partial charge is 0.497 e. The fourth-order valence-electron chi connectivity index (χ4n) is 1.80. The van der Waals surface area contributed by atoms with Crippen LogP contribution >= 0.6 is 0 Å². The Morgan fingerprint density at radius 2 is 2.00 bits per heavy atom. The molecule has 0 aliphatic rings. The first-order valence-corrected chi connectivity index (χ1v) is 5.60. The topological polar surface area (TPSA) is 92.8 Å². The van der Waals surface area contributed by atoms with E-state index in [1.165, 1.54) is 6.92 Å². The van der Waals surface area contributed by atoms with E-state index in [1.807, 2.05) is 0 Å². The van der Waals surface area contributed by atoms with E-state index >= 15 is 0 Å². The maximum atomic E-state index is 11.0. The van der Waals surface area contributed by atoms with Gasteiger partial charge in [-0.25, -0.2) is 4.79 Å². The van der Waals surface area contributed by atoms with Crippen molar-refractivity contribution in [1.29, 1.82) is 0 Å². The van der Waals surface area contributed by atoms with Gasteiger partial charge in [-0.3, -0.25) is 0 Å². The highest BCUT2D eigenvalue weighted by atomic mass is 16.5. The lowest BCUT2D eigenvalue weighted by atomic mass is 10.0. The number of hydrogen-bond acceptors (Lipinski definition) is 5. The van der Waals surface area contributed by atoms with Crippen molar-refractivity contribution in [2.75, 3.05) is 7.11 Å². The molecule has 2 N–H and O–H groups in total. The lowest BCUT2D eigenvalue weighted by molar-refractivity contribution is 0.0643. The molecular formula is C13H13NO5. The molecule has 0 spiro atoms. The molecule has 1 atom stereocenters. The molecule has 0 saturated carbocycles. The first-order valence-electron chi connectivity index (χ1n) is 5.60. The van der Waals surface area contributed by atoms with Crippen LogP contribution in [0, 0.1) is 0 Å². The lowest BCUT2D eigenvalue weighted by Crippen LogP contribution is -2.02. The quantitative estimate of drug-likeness (QED) is 0.877. The molecule has 0 fully saturated rings. The van der Waals surface area contributed by atoms with E-state index in [9.17, 15) is 9.90 Å². The number of aliphatic hydroxyl groups excluding tert-OH is 1. The minimum atomic E-state index is -1.26. The second kappa shape index (κ2) is 5.11. The first kappa shape index (κ1) is 13.1. The van der Waals surface area contributed by atoms with Crippen molar-refractivity contribution in [2.24, 2.45) is 0 Å². The number of nitrogens with zero attached hydrogens (tertiary/aromatic N) is 1. The van der Waals surface area contributed by atoms with E-state index in [1.54, 1.807) is 31.4 Å². The molecule has 2 rings (SSSR count). The van der Waals surface area contributed by atoms with Gasteiger partial charge in [0.25, 0.3) is 0 Å². The van der Waals surface area contributed by atoms with Crippen LogP contribution in [0.2, 0.25) is 0 Å². The number of aliphatic hydroxyl groups is 1. The number of rotatable bonds is 4. The predicted octanol–water partition coefficient (Wildman–Crippen LogP) is 2.10. The van der Waals surface area contributed by atoms with E-state index in [-0.39, 0.29) is 11.3 Å². The summed E-state index contributed by atoms with van der Waals surface area (Å²) in [4.78, 5) is 11.0. The van der Waals surface area contributed by atoms with Gasteiger partial charge in [-0.1, -0.05) is 5.16 Å². The Balaban J connectivity index is 2.52. The summed E-state index contributed by atoms with van der Waals surface area (Å²) >= 11 is 0. The number of aromatic carboxylic acids is 1. The molecule has 0 aliphatic carbocycles. The number of ether oxygens (including phenoxy) is 1. The SMILES string of the molecule is COc1ccc(-c2noc(C(=O)O)c2C(C)O)cc1. The van der Waals surface area contributed by atoms with Gasteiger partial charge in [-0.05, 0) is 31.2 Å². The third-order valence-corrected chi connectivity index (χ3v) is 2.70. The smallest absolute Gasteiger partial charge is 0.375 e. The van der Waals surface area contributed by atoms with Crippen molar-refractivity contribution in [1.82, 2.24) is 5.16 Å². The van der Waals surface area contributed by atoms with Crippen LogP contribution in [-0.4, -0.2) is 28.4 Å². The highest BCUT2D eigenvalue weighted by Crippen LogP contribution is 2.31. The van der Waals surface area contributed by atoms with E-state index in [0.717, 1.165) is 0 Å². The Labute approximate surface area is 109 Å². The van der Waals surface area contributed by atoms with Gasteiger partial charge >= 0.3 is 5.97 Å². The Kier molecular flexibility index (Phi) is 3.52. The van der Waals surface area contributed by atoms with Gasteiger partial charge in [0.2, 0.25) is 5.76 Å². The average molecular weight is 263 g/mol. The minimum Gasteiger partial charge on any atom is -0.497 e. The molecule has 0 saturated heterocycles. The zero-order valence-corrected chi connectivity index (χ0v) is 10.5. The number of hydrogen-bond donors (Lipinski definition) is 2. The Bertz CT molecular complexity index is 586. The van der Waals surface area contributed by atoms with Gasteiger partial charge in [0.15, 0.2) is 0 Å². The van der Waals surface area contributed by atoms with E-state index < -0.39 is 12.1 Å². The third-order valence-electron chi connectivity index (χ3n) is 2.70. The highest BCUT2D eigenvalue weighted by Gasteiger charge is 2.25. The van der Waals surface area contributed by atoms with Crippen LogP contribution in [0.3, 0.4) is 0 Å². The fraction of sp³-hybridized carbons (Fsp3) is 0.231. The molecule has 19 heavy (non-hydrogen) atoms. The van der Waals surface area contributed by atoms with Crippen LogP contribution in [0.15, 0.2) is 28.8 Å². The van der Waals surface area contributed by atoms with E-state index in [4.69, 9.17) is 14.4 Å². The second-order valence-corrected chi connectivity index (χ2v) is 3.98. The number of methoxy groups -OCH3 is 1. The van der Waals surface area contributed by atoms with Gasteiger partial charge in [0, 0.05) is 5.56 Å². The molecule has 0 amide bonds. The molecule has 6 heteroatoms. The fourth-order valence-corrected chi connectivity index (χ4v) is 1.80. The van der Waals surface area contributed by atoms with Crippen LogP contribution < -0.4 is 4.74 Å². The average Bonchev–Trinajstić information content (AvgIpc) is 2.83. The number of carboxylic acids is 1. The molecule has 1 aromatic carbocycles. The van der Waals surface area contributed by atoms with Crippen LogP contribution in [0.4, 0.5) is 0 Å². The summed E-state index contributed by atoms with van der Waals surface area (Å²) in [5.74, 6) is -0.937. The van der Waals surface area contributed by atoms with Gasteiger partial charge in [0.1, 0.15) is 11.4 Å². The lowest BCUT2D eigenvalue weighted by Gasteiger charge is -2.06. The Morgan fingerprint density at radius 3 is 2.47 bits per heavy atom. The van der Waals surface area contributed by atoms with Gasteiger partial charge in [-0.15, -0.1) is 0 Å². The van der Waals surface area contributed by atoms with Crippen LogP contribution in [0.5, 0.6) is 5.75 Å². The van der Waals surface area contributed by atoms with E-state index in [0.29, 0.717) is 17.0 Å². The summed E-state index contributed by atoms with van der Waals surface area (Å²) in [6.07, 6.45) is -0.991. The summed E-state index contributed by atoms with van der Waals surface area (Å²) in [5.41, 5.74) is 1.13. The maximum absolute atomic E-state index is 11.0. The van der Waals surface area contributed by atoms with Gasteiger partial charge in [-0.2, -0.15) is 0 Å². The number of aromatic nitrogens is 1. The van der Waals surface area contributed by atoms with Crippen LogP contribution in [0.25, 0.3) is 11.3 Å². The van der Waals surface area contributed by atoms with Crippen molar-refractivity contribution in [3.8, 4) is 17.0 Å². The van der Waals surface area contributed by atoms with Crippen molar-refractivity contribution < 1.29 is 24.3 Å². The van der Waals surface area contributed by atoms with Gasteiger partial charge in [0.05, 0.1) is 18.8 Å². The standard InChI is InChI=1S/C13H13NO5/c1-7(15)10-11(14-19-12(10)13(16)17)8-3-5-9(18-2)6-4-8/h3-7,15H,1-2H3,(H,16,17). The third kappa shape index (κ3) is 2.43. The zero-order valence-electron chi connectivity index (χ0n) is 10.5. The molecule has 6 nitrogen and oxygen atoms in total. The molecule has 2 aromatic rings. The second-order valence-electron chi connectivity index (χ2n) is 3.98. The maximum Gasteiger partial charge on any atom is 0.375 e. The molecule has 1 heterocycles. The molecule has 1 aromatic heterocycles. The highest BCUT2D eigenvalue weighted by molar-refractivity contribution is 5.88. The normalized spacial score (nSPS) is 12.2. The summed E-state index contributed by atoms with van der Waals surface area (Å²) in [5, 5.41) is 22.4. The van der Waals surface area contributed by atoms with Crippen molar-refractivity contribution in [3.63, 3.8) is 0 Å². The van der Waals surface area contributed by atoms with Crippen LogP contribution in [-0.2, 0) is 0 Å². The van der Waals surface area contributed by atoms with Crippen molar-refractivity contribution in [3.05, 3.63) is 35.6 Å². The monoisotopic (exact) mass is 263 g/mol. The van der Waals surface area contributed by atoms with Crippen molar-refractivity contribution in [2.45, 2.75) is 13.0 Å². The summed E-state index contributed by atoms with van der Waals surface area (Å²) in [7, 11) is 1.55. The molecule has 1 unspecified atom stereocenters. The molecular weight excluding hydrogens is 250 g/mol. The molecule has 0 aliphatic heterocycles. The predicted molar refractivity (Wildman–Crippen MR) is 66.1 cm³/mol. The first-order chi connectivity index (χ1) is 9.04. The molecule has 100 valence electrons. The summed E-state index contributed by atoms with van der Waals surface area (Å²) in [6, 6.07) is 6.87. The molecule has 0 bridgehead atoms. The molecule has 0 radical (unpaired) electrons. The number of benzene rings is 1. The number of carboxylic acid groups (broad SMARTS) is 1. The van der Waals surface area contributed by atoms with Gasteiger partial charge < -0.3 is 19.5 Å². The minimum absolute atomic E-state index is 0.165. The van der Waals surface area contributed by atoms with Crippen molar-refractivity contribution >= 4 is 5.97 Å². The summed E-state index contributed by atoms with van der Waals surface area (Å²) in [6.45, 7) is 1.46. The van der Waals surface area contributed by atoms with E-state index in [2.05, 4.69) is 5.16 Å². The number of carbonyl (C=O) groups is 1. The van der Waals surface area contributed by atoms with Crippen LogP contribution in [0.1, 0.15) is 29.1 Å². The Hall–Kier alpha value is -2.34.